The maximum absolute atomic E-state index is 14.5. The highest BCUT2D eigenvalue weighted by Gasteiger charge is 2.28. The van der Waals surface area contributed by atoms with E-state index in [4.69, 9.17) is 16.3 Å². The molecule has 0 spiro atoms. The summed E-state index contributed by atoms with van der Waals surface area (Å²) in [5, 5.41) is 13.5. The van der Waals surface area contributed by atoms with Gasteiger partial charge in [-0.05, 0) is 25.3 Å². The van der Waals surface area contributed by atoms with Gasteiger partial charge in [0.25, 0.3) is 0 Å². The van der Waals surface area contributed by atoms with Crippen LogP contribution in [-0.4, -0.2) is 15.9 Å². The topological polar surface area (TPSA) is 50.8 Å². The van der Waals surface area contributed by atoms with Gasteiger partial charge in [-0.1, -0.05) is 11.6 Å². The number of aromatic nitrogens is 2. The summed E-state index contributed by atoms with van der Waals surface area (Å²) in [4.78, 5) is 0. The molecule has 1 heterocycles. The highest BCUT2D eigenvalue weighted by atomic mass is 35.5. The Balaban J connectivity index is 2.27. The molecule has 0 aliphatic heterocycles. The van der Waals surface area contributed by atoms with Crippen molar-refractivity contribution in [3.05, 3.63) is 34.2 Å². The third-order valence-corrected chi connectivity index (χ3v) is 3.75. The average molecular weight is 306 g/mol. The Bertz CT molecular complexity index is 740. The van der Waals surface area contributed by atoms with E-state index in [0.29, 0.717) is 11.4 Å². The number of rotatable bonds is 3. The zero-order chi connectivity index (χ0) is 15.1. The van der Waals surface area contributed by atoms with E-state index in [-0.39, 0.29) is 22.3 Å². The van der Waals surface area contributed by atoms with Crippen molar-refractivity contribution in [3.8, 4) is 23.1 Å². The minimum atomic E-state index is -0.622. The lowest BCUT2D eigenvalue weighted by Gasteiger charge is -2.14. The number of aryl methyl sites for hydroxylation is 2. The van der Waals surface area contributed by atoms with E-state index < -0.39 is 5.82 Å². The fourth-order valence-electron chi connectivity index (χ4n) is 2.30. The van der Waals surface area contributed by atoms with Gasteiger partial charge in [0, 0.05) is 13.1 Å². The second kappa shape index (κ2) is 5.05. The van der Waals surface area contributed by atoms with Crippen molar-refractivity contribution in [3.63, 3.8) is 0 Å². The predicted molar refractivity (Wildman–Crippen MR) is 76.7 cm³/mol. The number of halogens is 2. The van der Waals surface area contributed by atoms with Crippen molar-refractivity contribution in [2.45, 2.75) is 25.9 Å². The van der Waals surface area contributed by atoms with Crippen LogP contribution in [0.2, 0.25) is 5.02 Å². The van der Waals surface area contributed by atoms with Crippen LogP contribution in [0.4, 0.5) is 4.39 Å². The Hall–Kier alpha value is -2.06. The lowest BCUT2D eigenvalue weighted by atomic mass is 10.0. The number of nitrogens with zero attached hydrogens (tertiary/aromatic N) is 3. The lowest BCUT2D eigenvalue weighted by molar-refractivity contribution is 0.302. The van der Waals surface area contributed by atoms with E-state index in [1.54, 1.807) is 13.2 Å². The smallest absolute Gasteiger partial charge is 0.152 e. The van der Waals surface area contributed by atoms with Gasteiger partial charge in [-0.25, -0.2) is 4.39 Å². The molecule has 0 bridgehead atoms. The maximum atomic E-state index is 14.5. The van der Waals surface area contributed by atoms with E-state index in [9.17, 15) is 9.65 Å². The van der Waals surface area contributed by atoms with Gasteiger partial charge in [-0.15, -0.1) is 0 Å². The number of nitriles is 1. The van der Waals surface area contributed by atoms with Crippen LogP contribution in [-0.2, 0) is 7.05 Å². The molecule has 1 aromatic heterocycles. The van der Waals surface area contributed by atoms with Gasteiger partial charge < -0.3 is 4.74 Å². The summed E-state index contributed by atoms with van der Waals surface area (Å²) >= 11 is 5.98. The summed E-state index contributed by atoms with van der Waals surface area (Å²) in [7, 11) is 1.70. The molecule has 1 saturated carbocycles. The molecule has 0 radical (unpaired) electrons. The summed E-state index contributed by atoms with van der Waals surface area (Å²) in [6, 6.07) is 3.42. The van der Waals surface area contributed by atoms with E-state index in [1.165, 1.54) is 10.7 Å². The maximum Gasteiger partial charge on any atom is 0.152 e. The van der Waals surface area contributed by atoms with Crippen molar-refractivity contribution in [1.29, 1.82) is 5.26 Å². The van der Waals surface area contributed by atoms with Gasteiger partial charge >= 0.3 is 0 Å². The second-order valence-electron chi connectivity index (χ2n) is 5.15. The summed E-state index contributed by atoms with van der Waals surface area (Å²) in [6.07, 6.45) is 3.61. The monoisotopic (exact) mass is 305 g/mol. The van der Waals surface area contributed by atoms with Gasteiger partial charge in [-0.3, -0.25) is 4.68 Å². The van der Waals surface area contributed by atoms with Crippen LogP contribution in [0.1, 0.15) is 24.0 Å². The van der Waals surface area contributed by atoms with Gasteiger partial charge in [0.05, 0.1) is 28.6 Å². The molecule has 4 nitrogen and oxygen atoms in total. The molecule has 2 aromatic rings. The normalized spacial score (nSPS) is 14.0. The van der Waals surface area contributed by atoms with Crippen molar-refractivity contribution >= 4 is 11.6 Å². The Labute approximate surface area is 126 Å². The first-order chi connectivity index (χ1) is 10.0. The van der Waals surface area contributed by atoms with Crippen LogP contribution >= 0.6 is 11.6 Å². The Morgan fingerprint density at radius 1 is 1.52 bits per heavy atom. The van der Waals surface area contributed by atoms with Gasteiger partial charge in [0.2, 0.25) is 0 Å². The standard InChI is InChI=1S/C15H13ClFN3O/c1-8-7-19-20(2)15(8)13-10(6-18)12(21-9-3-4-9)5-11(16)14(13)17/h5,7,9H,3-4H2,1-2H3. The number of hydrogen-bond donors (Lipinski definition) is 0. The molecule has 6 heteroatoms. The highest BCUT2D eigenvalue weighted by molar-refractivity contribution is 6.31. The van der Waals surface area contributed by atoms with Gasteiger partial charge in [0.15, 0.2) is 5.82 Å². The van der Waals surface area contributed by atoms with Crippen molar-refractivity contribution in [2.75, 3.05) is 0 Å². The second-order valence-corrected chi connectivity index (χ2v) is 5.56. The molecule has 21 heavy (non-hydrogen) atoms. The van der Waals surface area contributed by atoms with E-state index in [1.807, 2.05) is 13.0 Å². The summed E-state index contributed by atoms with van der Waals surface area (Å²) in [5.41, 5.74) is 1.62. The van der Waals surface area contributed by atoms with E-state index in [0.717, 1.165) is 18.4 Å². The first-order valence-electron chi connectivity index (χ1n) is 6.60. The van der Waals surface area contributed by atoms with Crippen molar-refractivity contribution in [1.82, 2.24) is 9.78 Å². The zero-order valence-electron chi connectivity index (χ0n) is 11.7. The zero-order valence-corrected chi connectivity index (χ0v) is 12.4. The molecule has 3 rings (SSSR count). The highest BCUT2D eigenvalue weighted by Crippen LogP contribution is 2.40. The Morgan fingerprint density at radius 2 is 2.24 bits per heavy atom. The summed E-state index contributed by atoms with van der Waals surface area (Å²) in [6.45, 7) is 1.81. The van der Waals surface area contributed by atoms with Crippen LogP contribution < -0.4 is 4.74 Å². The number of ether oxygens (including phenoxy) is 1. The molecule has 0 unspecified atom stereocenters. The fraction of sp³-hybridized carbons (Fsp3) is 0.333. The van der Waals surface area contributed by atoms with Crippen LogP contribution in [0.5, 0.6) is 5.75 Å². The largest absolute Gasteiger partial charge is 0.489 e. The average Bonchev–Trinajstić information content (AvgIpc) is 3.20. The number of hydrogen-bond acceptors (Lipinski definition) is 3. The first-order valence-corrected chi connectivity index (χ1v) is 6.98. The molecule has 0 amide bonds. The van der Waals surface area contributed by atoms with Crippen molar-refractivity contribution in [2.24, 2.45) is 7.05 Å². The van der Waals surface area contributed by atoms with Crippen LogP contribution in [0, 0.1) is 24.1 Å². The lowest BCUT2D eigenvalue weighted by Crippen LogP contribution is -2.04. The summed E-state index contributed by atoms with van der Waals surface area (Å²) < 4.78 is 21.8. The Kier molecular flexibility index (Phi) is 3.34. The van der Waals surface area contributed by atoms with E-state index in [2.05, 4.69) is 5.10 Å². The summed E-state index contributed by atoms with van der Waals surface area (Å²) in [5.74, 6) is -0.287. The molecule has 0 N–H and O–H groups in total. The SMILES string of the molecule is Cc1cnn(C)c1-c1c(F)c(Cl)cc(OC2CC2)c1C#N. The third kappa shape index (κ3) is 2.36. The minimum absolute atomic E-state index is 0.0553. The van der Waals surface area contributed by atoms with Crippen LogP contribution in [0.3, 0.4) is 0 Å². The molecule has 1 aliphatic carbocycles. The Morgan fingerprint density at radius 3 is 2.76 bits per heavy atom. The molecule has 1 aromatic carbocycles. The molecule has 0 atom stereocenters. The van der Waals surface area contributed by atoms with Crippen LogP contribution in [0.15, 0.2) is 12.3 Å². The molecule has 1 fully saturated rings. The third-order valence-electron chi connectivity index (χ3n) is 3.47. The molecule has 0 saturated heterocycles. The molecular weight excluding hydrogens is 293 g/mol. The molecular formula is C15H13ClFN3O. The minimum Gasteiger partial charge on any atom is -0.489 e. The molecule has 1 aliphatic rings. The van der Waals surface area contributed by atoms with Crippen molar-refractivity contribution < 1.29 is 9.13 Å². The fourth-order valence-corrected chi connectivity index (χ4v) is 2.49. The first kappa shape index (κ1) is 13.9. The number of benzene rings is 1. The quantitative estimate of drug-likeness (QED) is 0.870. The van der Waals surface area contributed by atoms with Crippen LogP contribution in [0.25, 0.3) is 11.3 Å². The predicted octanol–water partition coefficient (Wildman–Crippen LogP) is 3.60. The van der Waals surface area contributed by atoms with Gasteiger partial charge in [-0.2, -0.15) is 10.4 Å². The van der Waals surface area contributed by atoms with Gasteiger partial charge in [0.1, 0.15) is 17.4 Å². The molecule has 108 valence electrons. The van der Waals surface area contributed by atoms with E-state index >= 15 is 0 Å².